The summed E-state index contributed by atoms with van der Waals surface area (Å²) in [5, 5.41) is 2.60. The molecule has 2 aliphatic rings. The lowest BCUT2D eigenvalue weighted by Crippen LogP contribution is -2.44. The lowest BCUT2D eigenvalue weighted by Gasteiger charge is -2.32. The molecule has 1 aromatic rings. The van der Waals surface area contributed by atoms with Crippen molar-refractivity contribution in [2.45, 2.75) is 33.1 Å². The quantitative estimate of drug-likeness (QED) is 0.843. The van der Waals surface area contributed by atoms with Crippen molar-refractivity contribution in [3.05, 3.63) is 30.1 Å². The fraction of sp³-hybridized carbons (Fsp3) is 0.500. The topological polar surface area (TPSA) is 46.2 Å². The summed E-state index contributed by atoms with van der Waals surface area (Å²) in [5.74, 6) is -0.548. The smallest absolute Gasteiger partial charge is 0.238 e. The molecular formula is C16H18FNO2. The van der Waals surface area contributed by atoms with Gasteiger partial charge in [0.2, 0.25) is 5.91 Å². The van der Waals surface area contributed by atoms with Crippen molar-refractivity contribution < 1.29 is 14.0 Å². The Morgan fingerprint density at radius 3 is 2.65 bits per heavy atom. The van der Waals surface area contributed by atoms with Crippen LogP contribution in [-0.4, -0.2) is 11.7 Å². The second-order valence-corrected chi connectivity index (χ2v) is 6.51. The molecule has 1 amide bonds. The number of carbonyl (C=O) groups excluding carboxylic acids is 2. The van der Waals surface area contributed by atoms with Crippen molar-refractivity contribution in [2.24, 2.45) is 16.7 Å². The predicted molar refractivity (Wildman–Crippen MR) is 73.6 cm³/mol. The standard InChI is InChI=1S/C16H18FNO2/c1-15(2)10-7-8-16(9-10,13(15)19)14(20)18-12-6-4-3-5-11(12)17/h3-6,10H,7-9H2,1-2H3,(H,18,20)/t10-,16+/m1/s1. The number of anilines is 1. The van der Waals surface area contributed by atoms with Crippen molar-refractivity contribution in [2.75, 3.05) is 5.32 Å². The third kappa shape index (κ3) is 1.63. The van der Waals surface area contributed by atoms with E-state index in [1.165, 1.54) is 12.1 Å². The van der Waals surface area contributed by atoms with E-state index in [-0.39, 0.29) is 23.3 Å². The van der Waals surface area contributed by atoms with Gasteiger partial charge in [0, 0.05) is 5.41 Å². The number of ketones is 1. The minimum absolute atomic E-state index is 0.00934. The summed E-state index contributed by atoms with van der Waals surface area (Å²) in [7, 11) is 0. The molecule has 2 bridgehead atoms. The summed E-state index contributed by atoms with van der Waals surface area (Å²) in [4.78, 5) is 25.1. The molecule has 0 aliphatic heterocycles. The summed E-state index contributed by atoms with van der Waals surface area (Å²) in [6.07, 6.45) is 2.07. The van der Waals surface area contributed by atoms with E-state index in [1.54, 1.807) is 12.1 Å². The fourth-order valence-corrected chi connectivity index (χ4v) is 3.78. The largest absolute Gasteiger partial charge is 0.323 e. The van der Waals surface area contributed by atoms with E-state index in [1.807, 2.05) is 13.8 Å². The van der Waals surface area contributed by atoms with Gasteiger partial charge in [0.15, 0.2) is 5.78 Å². The number of para-hydroxylation sites is 1. The van der Waals surface area contributed by atoms with Crippen molar-refractivity contribution in [1.82, 2.24) is 0 Å². The van der Waals surface area contributed by atoms with Gasteiger partial charge in [-0.05, 0) is 37.3 Å². The van der Waals surface area contributed by atoms with E-state index in [0.29, 0.717) is 12.8 Å². The van der Waals surface area contributed by atoms with E-state index in [9.17, 15) is 14.0 Å². The molecule has 0 spiro atoms. The normalized spacial score (nSPS) is 30.6. The zero-order chi connectivity index (χ0) is 14.5. The molecule has 106 valence electrons. The Morgan fingerprint density at radius 1 is 1.35 bits per heavy atom. The summed E-state index contributed by atoms with van der Waals surface area (Å²) in [6.45, 7) is 3.83. The Balaban J connectivity index is 1.89. The molecule has 2 aliphatic carbocycles. The van der Waals surface area contributed by atoms with Gasteiger partial charge in [0.25, 0.3) is 0 Å². The fourth-order valence-electron chi connectivity index (χ4n) is 3.78. The molecule has 20 heavy (non-hydrogen) atoms. The lowest BCUT2D eigenvalue weighted by atomic mass is 9.70. The van der Waals surface area contributed by atoms with Gasteiger partial charge in [-0.15, -0.1) is 0 Å². The second-order valence-electron chi connectivity index (χ2n) is 6.51. The first kappa shape index (κ1) is 13.3. The number of benzene rings is 1. The maximum atomic E-state index is 13.6. The maximum Gasteiger partial charge on any atom is 0.238 e. The number of carbonyl (C=O) groups is 2. The van der Waals surface area contributed by atoms with Crippen LogP contribution in [0.5, 0.6) is 0 Å². The Hall–Kier alpha value is -1.71. The van der Waals surface area contributed by atoms with E-state index in [0.717, 1.165) is 6.42 Å². The number of fused-ring (bicyclic) bond motifs is 2. The highest BCUT2D eigenvalue weighted by Crippen LogP contribution is 2.60. The Morgan fingerprint density at radius 2 is 2.05 bits per heavy atom. The van der Waals surface area contributed by atoms with Crippen LogP contribution in [0.2, 0.25) is 0 Å². The first-order valence-electron chi connectivity index (χ1n) is 6.99. The molecule has 0 radical (unpaired) electrons. The molecule has 0 aromatic heterocycles. The van der Waals surface area contributed by atoms with Gasteiger partial charge in [0.05, 0.1) is 5.69 Å². The van der Waals surface area contributed by atoms with Crippen LogP contribution in [0, 0.1) is 22.6 Å². The molecule has 2 atom stereocenters. The summed E-state index contributed by atoms with van der Waals surface area (Å²) < 4.78 is 13.6. The average Bonchev–Trinajstić information content (AvgIpc) is 2.93. The van der Waals surface area contributed by atoms with Crippen molar-refractivity contribution in [3.63, 3.8) is 0 Å². The predicted octanol–water partition coefficient (Wildman–Crippen LogP) is 3.16. The minimum Gasteiger partial charge on any atom is -0.323 e. The first-order valence-corrected chi connectivity index (χ1v) is 6.99. The number of amides is 1. The molecule has 3 nitrogen and oxygen atoms in total. The molecule has 3 rings (SSSR count). The van der Waals surface area contributed by atoms with E-state index >= 15 is 0 Å². The molecule has 4 heteroatoms. The first-order chi connectivity index (χ1) is 9.38. The molecule has 2 fully saturated rings. The van der Waals surface area contributed by atoms with Gasteiger partial charge in [-0.3, -0.25) is 9.59 Å². The highest BCUT2D eigenvalue weighted by atomic mass is 19.1. The Bertz CT molecular complexity index is 596. The zero-order valence-electron chi connectivity index (χ0n) is 11.7. The molecule has 1 aromatic carbocycles. The van der Waals surface area contributed by atoms with Crippen LogP contribution in [0.3, 0.4) is 0 Å². The van der Waals surface area contributed by atoms with E-state index in [2.05, 4.69) is 5.32 Å². The van der Waals surface area contributed by atoms with Crippen LogP contribution in [0.25, 0.3) is 0 Å². The van der Waals surface area contributed by atoms with Gasteiger partial charge >= 0.3 is 0 Å². The zero-order valence-corrected chi connectivity index (χ0v) is 11.7. The molecule has 1 N–H and O–H groups in total. The highest BCUT2D eigenvalue weighted by Gasteiger charge is 2.65. The third-order valence-electron chi connectivity index (χ3n) is 5.11. The van der Waals surface area contributed by atoms with Gasteiger partial charge in [0.1, 0.15) is 11.2 Å². The van der Waals surface area contributed by atoms with Crippen LogP contribution in [-0.2, 0) is 9.59 Å². The third-order valence-corrected chi connectivity index (χ3v) is 5.11. The van der Waals surface area contributed by atoms with Crippen molar-refractivity contribution in [3.8, 4) is 0 Å². The molecule has 2 saturated carbocycles. The molecule has 0 unspecified atom stereocenters. The number of rotatable bonds is 2. The van der Waals surface area contributed by atoms with Gasteiger partial charge < -0.3 is 5.32 Å². The number of nitrogens with one attached hydrogen (secondary N) is 1. The van der Waals surface area contributed by atoms with Gasteiger partial charge in [-0.25, -0.2) is 4.39 Å². The van der Waals surface area contributed by atoms with E-state index in [4.69, 9.17) is 0 Å². The van der Waals surface area contributed by atoms with Crippen LogP contribution in [0.1, 0.15) is 33.1 Å². The Labute approximate surface area is 117 Å². The Kier molecular flexibility index (Phi) is 2.75. The monoisotopic (exact) mass is 275 g/mol. The number of halogens is 1. The van der Waals surface area contributed by atoms with E-state index < -0.39 is 16.6 Å². The maximum absolute atomic E-state index is 13.6. The highest BCUT2D eigenvalue weighted by molar-refractivity contribution is 6.15. The van der Waals surface area contributed by atoms with Crippen molar-refractivity contribution in [1.29, 1.82) is 0 Å². The van der Waals surface area contributed by atoms with Crippen LogP contribution >= 0.6 is 0 Å². The van der Waals surface area contributed by atoms with Crippen molar-refractivity contribution >= 4 is 17.4 Å². The summed E-state index contributed by atoms with van der Waals surface area (Å²) in [6, 6.07) is 6.04. The molecular weight excluding hydrogens is 257 g/mol. The van der Waals surface area contributed by atoms with Crippen LogP contribution in [0.15, 0.2) is 24.3 Å². The van der Waals surface area contributed by atoms with Crippen LogP contribution in [0.4, 0.5) is 10.1 Å². The van der Waals surface area contributed by atoms with Crippen LogP contribution < -0.4 is 5.32 Å². The number of hydrogen-bond donors (Lipinski definition) is 1. The molecule has 0 saturated heterocycles. The van der Waals surface area contributed by atoms with Gasteiger partial charge in [-0.2, -0.15) is 0 Å². The van der Waals surface area contributed by atoms with Gasteiger partial charge in [-0.1, -0.05) is 26.0 Å². The minimum atomic E-state index is -0.948. The average molecular weight is 275 g/mol. The summed E-state index contributed by atoms with van der Waals surface area (Å²) >= 11 is 0. The second kappa shape index (κ2) is 4.14. The SMILES string of the molecule is CC1(C)C(=O)[C@]2(C(=O)Nc3ccccc3F)CC[C@@H]1C2. The molecule has 0 heterocycles. The summed E-state index contributed by atoms with van der Waals surface area (Å²) in [5.41, 5.74) is -1.24. The lowest BCUT2D eigenvalue weighted by molar-refractivity contribution is -0.142. The number of hydrogen-bond acceptors (Lipinski definition) is 2. The number of Topliss-reactive ketones (excluding diaryl/α,β-unsaturated/α-hetero) is 1.